The van der Waals surface area contributed by atoms with E-state index in [1.54, 1.807) is 7.11 Å². The molecule has 1 aromatic carbocycles. The van der Waals surface area contributed by atoms with Gasteiger partial charge in [0.05, 0.1) is 38.8 Å². The number of hydrogen-bond donors (Lipinski definition) is 1. The van der Waals surface area contributed by atoms with Crippen molar-refractivity contribution in [3.05, 3.63) is 47.1 Å². The lowest BCUT2D eigenvalue weighted by Gasteiger charge is -2.37. The summed E-state index contributed by atoms with van der Waals surface area (Å²) in [6.45, 7) is 7.45. The zero-order chi connectivity index (χ0) is 18.5. The summed E-state index contributed by atoms with van der Waals surface area (Å²) < 4.78 is 13.0. The highest BCUT2D eigenvalue weighted by molar-refractivity contribution is 5.60. The Morgan fingerprint density at radius 3 is 2.96 bits per heavy atom. The van der Waals surface area contributed by atoms with Crippen molar-refractivity contribution in [2.45, 2.75) is 50.9 Å². The van der Waals surface area contributed by atoms with Gasteiger partial charge in [-0.05, 0) is 32.1 Å². The van der Waals surface area contributed by atoms with Crippen LogP contribution in [-0.2, 0) is 12.0 Å². The van der Waals surface area contributed by atoms with Crippen LogP contribution < -0.4 is 9.47 Å². The molecule has 0 radical (unpaired) electrons. The minimum atomic E-state index is -0.427. The average Bonchev–Trinajstić information content (AvgIpc) is 2.87. The normalized spacial score (nSPS) is 34.3. The standard InChI is InChI=1S/C22H30NO3/c1-15(2)8-11-23(3)12-10-22-9-7-17(24)13-19(22)26-21-18(25-4)6-5-16(14-23)20(21)22/h5-9,17,19,24H,10-14H2,1-4H3/q+1/t17-,19-,22-,23?/m0/s1. The van der Waals surface area contributed by atoms with Gasteiger partial charge >= 0.3 is 0 Å². The summed E-state index contributed by atoms with van der Waals surface area (Å²) in [6, 6.07) is 4.25. The number of ether oxygens (including phenoxy) is 2. The van der Waals surface area contributed by atoms with Gasteiger partial charge in [0, 0.05) is 24.0 Å². The number of allylic oxidation sites excluding steroid dienone is 1. The Labute approximate surface area is 156 Å². The fraction of sp³-hybridized carbons (Fsp3) is 0.545. The van der Waals surface area contributed by atoms with Gasteiger partial charge in [-0.2, -0.15) is 0 Å². The number of nitrogens with zero attached hydrogens (tertiary/aromatic N) is 1. The smallest absolute Gasteiger partial charge is 0.166 e. The van der Waals surface area contributed by atoms with Crippen molar-refractivity contribution in [3.8, 4) is 11.5 Å². The fourth-order valence-electron chi connectivity index (χ4n) is 4.84. The summed E-state index contributed by atoms with van der Waals surface area (Å²) in [5, 5.41) is 10.2. The lowest BCUT2D eigenvalue weighted by molar-refractivity contribution is -0.917. The number of benzene rings is 1. The molecule has 140 valence electrons. The predicted molar refractivity (Wildman–Crippen MR) is 103 cm³/mol. The molecule has 0 saturated heterocycles. The second-order valence-corrected chi connectivity index (χ2v) is 8.66. The van der Waals surface area contributed by atoms with Gasteiger partial charge in [0.1, 0.15) is 12.6 Å². The summed E-state index contributed by atoms with van der Waals surface area (Å²) in [7, 11) is 4.05. The second-order valence-electron chi connectivity index (χ2n) is 8.66. The van der Waals surface area contributed by atoms with E-state index in [1.165, 1.54) is 16.7 Å². The van der Waals surface area contributed by atoms with E-state index < -0.39 is 6.10 Å². The first-order valence-electron chi connectivity index (χ1n) is 9.58. The SMILES string of the molecule is COc1ccc2c3c1O[C@H]1C[C@@H](O)C=C[C@@]31CC[N+](C)(CC=C(C)C)C2. The largest absolute Gasteiger partial charge is 0.493 e. The van der Waals surface area contributed by atoms with Crippen LogP contribution in [0.15, 0.2) is 35.9 Å². The number of rotatable bonds is 3. The first-order valence-corrected chi connectivity index (χ1v) is 9.58. The van der Waals surface area contributed by atoms with Gasteiger partial charge in [0.2, 0.25) is 0 Å². The Morgan fingerprint density at radius 1 is 1.42 bits per heavy atom. The zero-order valence-electron chi connectivity index (χ0n) is 16.3. The van der Waals surface area contributed by atoms with Crippen molar-refractivity contribution in [3.63, 3.8) is 0 Å². The van der Waals surface area contributed by atoms with Crippen molar-refractivity contribution in [1.82, 2.24) is 0 Å². The van der Waals surface area contributed by atoms with Crippen molar-refractivity contribution in [1.29, 1.82) is 0 Å². The second kappa shape index (κ2) is 6.14. The molecule has 1 aliphatic carbocycles. The Hall–Kier alpha value is -1.78. The van der Waals surface area contributed by atoms with Gasteiger partial charge in [-0.25, -0.2) is 0 Å². The maximum absolute atomic E-state index is 10.2. The number of aliphatic hydroxyl groups excluding tert-OH is 1. The fourth-order valence-corrected chi connectivity index (χ4v) is 4.84. The Bertz CT molecular complexity index is 780. The van der Waals surface area contributed by atoms with Crippen LogP contribution >= 0.6 is 0 Å². The summed E-state index contributed by atoms with van der Waals surface area (Å²) in [5.74, 6) is 1.70. The maximum atomic E-state index is 10.2. The predicted octanol–water partition coefficient (Wildman–Crippen LogP) is 3.33. The molecule has 0 saturated carbocycles. The average molecular weight is 356 g/mol. The molecule has 0 bridgehead atoms. The number of aliphatic hydroxyl groups is 1. The minimum Gasteiger partial charge on any atom is -0.493 e. The molecule has 1 unspecified atom stereocenters. The summed E-state index contributed by atoms with van der Waals surface area (Å²) in [5.41, 5.74) is 3.88. The molecule has 1 aromatic rings. The lowest BCUT2D eigenvalue weighted by Crippen LogP contribution is -2.47. The molecule has 0 fully saturated rings. The van der Waals surface area contributed by atoms with Crippen LogP contribution in [0, 0.1) is 0 Å². The highest BCUT2D eigenvalue weighted by atomic mass is 16.5. The number of methoxy groups -OCH3 is 1. The van der Waals surface area contributed by atoms with Gasteiger partial charge < -0.3 is 19.1 Å². The monoisotopic (exact) mass is 356 g/mol. The number of likely N-dealkylation sites (N-methyl/N-ethyl adjacent to an activating group) is 1. The molecule has 2 heterocycles. The van der Waals surface area contributed by atoms with Crippen LogP contribution in [0.25, 0.3) is 0 Å². The van der Waals surface area contributed by atoms with Crippen LogP contribution in [-0.4, -0.2) is 49.0 Å². The van der Waals surface area contributed by atoms with Gasteiger partial charge in [0.15, 0.2) is 11.5 Å². The Morgan fingerprint density at radius 2 is 2.23 bits per heavy atom. The van der Waals surface area contributed by atoms with E-state index in [4.69, 9.17) is 9.47 Å². The first kappa shape index (κ1) is 17.6. The highest BCUT2D eigenvalue weighted by Gasteiger charge is 2.54. The van der Waals surface area contributed by atoms with Crippen molar-refractivity contribution in [2.24, 2.45) is 0 Å². The Balaban J connectivity index is 1.84. The van der Waals surface area contributed by atoms with Gasteiger partial charge in [-0.15, -0.1) is 0 Å². The molecule has 0 amide bonds. The third-order valence-electron chi connectivity index (χ3n) is 6.36. The van der Waals surface area contributed by atoms with Crippen LogP contribution in [0.5, 0.6) is 11.5 Å². The molecule has 1 spiro atoms. The minimum absolute atomic E-state index is 0.0115. The molecule has 0 aromatic heterocycles. The van der Waals surface area contributed by atoms with E-state index >= 15 is 0 Å². The number of quaternary nitrogens is 1. The van der Waals surface area contributed by atoms with E-state index in [9.17, 15) is 5.11 Å². The molecule has 1 N–H and O–H groups in total. The van der Waals surface area contributed by atoms with E-state index in [-0.39, 0.29) is 11.5 Å². The third kappa shape index (κ3) is 2.67. The summed E-state index contributed by atoms with van der Waals surface area (Å²) in [4.78, 5) is 0. The molecule has 4 heteroatoms. The van der Waals surface area contributed by atoms with Crippen molar-refractivity contribution in [2.75, 3.05) is 27.2 Å². The molecular formula is C22H30NO3+. The highest BCUT2D eigenvalue weighted by Crippen LogP contribution is 2.56. The van der Waals surface area contributed by atoms with Crippen LogP contribution in [0.2, 0.25) is 0 Å². The topological polar surface area (TPSA) is 38.7 Å². The molecular weight excluding hydrogens is 326 g/mol. The van der Waals surface area contributed by atoms with Crippen LogP contribution in [0.1, 0.15) is 37.8 Å². The number of hydrogen-bond acceptors (Lipinski definition) is 3. The Kier molecular flexibility index (Phi) is 4.16. The molecule has 3 aliphatic rings. The van der Waals surface area contributed by atoms with Crippen LogP contribution in [0.4, 0.5) is 0 Å². The van der Waals surface area contributed by atoms with E-state index in [0.717, 1.165) is 42.0 Å². The summed E-state index contributed by atoms with van der Waals surface area (Å²) >= 11 is 0. The van der Waals surface area contributed by atoms with Crippen molar-refractivity contribution >= 4 is 0 Å². The van der Waals surface area contributed by atoms with E-state index in [0.29, 0.717) is 6.42 Å². The van der Waals surface area contributed by atoms with Crippen LogP contribution in [0.3, 0.4) is 0 Å². The maximum Gasteiger partial charge on any atom is 0.166 e. The van der Waals surface area contributed by atoms with E-state index in [1.807, 2.05) is 12.1 Å². The van der Waals surface area contributed by atoms with Gasteiger partial charge in [-0.3, -0.25) is 0 Å². The third-order valence-corrected chi connectivity index (χ3v) is 6.36. The molecule has 4 nitrogen and oxygen atoms in total. The van der Waals surface area contributed by atoms with E-state index in [2.05, 4.69) is 39.1 Å². The lowest BCUT2D eigenvalue weighted by atomic mass is 9.69. The molecule has 2 aliphatic heterocycles. The zero-order valence-corrected chi connectivity index (χ0v) is 16.3. The molecule has 26 heavy (non-hydrogen) atoms. The molecule has 4 rings (SSSR count). The van der Waals surface area contributed by atoms with Crippen molar-refractivity contribution < 1.29 is 19.1 Å². The quantitative estimate of drug-likeness (QED) is 0.667. The molecule has 4 atom stereocenters. The first-order chi connectivity index (χ1) is 12.4. The summed E-state index contributed by atoms with van der Waals surface area (Å²) in [6.07, 6.45) is 7.77. The van der Waals surface area contributed by atoms with Gasteiger partial charge in [0.25, 0.3) is 0 Å². The van der Waals surface area contributed by atoms with Gasteiger partial charge in [-0.1, -0.05) is 17.7 Å².